The summed E-state index contributed by atoms with van der Waals surface area (Å²) in [5.74, 6) is 0. The van der Waals surface area contributed by atoms with Gasteiger partial charge in [-0.25, -0.2) is 4.79 Å². The Hall–Kier alpha value is -3.34. The highest BCUT2D eigenvalue weighted by atomic mass is 16.7. The van der Waals surface area contributed by atoms with Gasteiger partial charge < -0.3 is 4.57 Å². The third-order valence-corrected chi connectivity index (χ3v) is 5.90. The average molecular weight is 416 g/mol. The lowest BCUT2D eigenvalue weighted by Gasteiger charge is -2.31. The maximum atomic E-state index is 12.2. The summed E-state index contributed by atoms with van der Waals surface area (Å²) in [6, 6.07) is 17.9. The number of benzene rings is 2. The number of para-hydroxylation sites is 1. The number of carbonyl (C=O) groups excluding carboxylic acids is 1. The zero-order valence-corrected chi connectivity index (χ0v) is 18.8. The van der Waals surface area contributed by atoms with Crippen LogP contribution in [-0.2, 0) is 11.3 Å². The van der Waals surface area contributed by atoms with E-state index in [9.17, 15) is 4.79 Å². The molecule has 1 aliphatic rings. The van der Waals surface area contributed by atoms with Gasteiger partial charge in [0.15, 0.2) is 0 Å². The Labute approximate surface area is 183 Å². The fourth-order valence-electron chi connectivity index (χ4n) is 4.24. The molecule has 1 N–H and O–H groups in total. The zero-order chi connectivity index (χ0) is 22.2. The molecule has 3 aromatic rings. The third kappa shape index (κ3) is 4.41. The molecule has 0 saturated heterocycles. The molecule has 1 amide bonds. The van der Waals surface area contributed by atoms with Crippen LogP contribution < -0.4 is 5.32 Å². The summed E-state index contributed by atoms with van der Waals surface area (Å²) in [6.07, 6.45) is 1.08. The molecule has 0 unspecified atom stereocenters. The number of fused-ring (bicyclic) bond motifs is 1. The number of rotatable bonds is 3. The Kier molecular flexibility index (Phi) is 5.44. The molecule has 2 aromatic carbocycles. The Balaban J connectivity index is 1.67. The van der Waals surface area contributed by atoms with Crippen molar-refractivity contribution in [3.05, 3.63) is 82.7 Å². The van der Waals surface area contributed by atoms with E-state index in [2.05, 4.69) is 73.9 Å². The first-order chi connectivity index (χ1) is 14.7. The van der Waals surface area contributed by atoms with Crippen LogP contribution >= 0.6 is 0 Å². The number of nitrogens with one attached hydrogen (secondary N) is 1. The van der Waals surface area contributed by atoms with Crippen molar-refractivity contribution in [1.29, 1.82) is 0 Å². The van der Waals surface area contributed by atoms with E-state index in [1.165, 1.54) is 16.8 Å². The summed E-state index contributed by atoms with van der Waals surface area (Å²) >= 11 is 0. The minimum atomic E-state index is -0.589. The van der Waals surface area contributed by atoms with Gasteiger partial charge in [-0.1, -0.05) is 43.3 Å². The molecule has 31 heavy (non-hydrogen) atoms. The normalized spacial score (nSPS) is 16.1. The first kappa shape index (κ1) is 20.9. The monoisotopic (exact) mass is 415 g/mol. The summed E-state index contributed by atoms with van der Waals surface area (Å²) in [7, 11) is 0. The smallest absolute Gasteiger partial charge is 0.318 e. The van der Waals surface area contributed by atoms with Crippen LogP contribution in [0.5, 0.6) is 0 Å². The van der Waals surface area contributed by atoms with Crippen molar-refractivity contribution in [2.45, 2.75) is 47.5 Å². The van der Waals surface area contributed by atoms with Crippen molar-refractivity contribution in [1.82, 2.24) is 4.57 Å². The van der Waals surface area contributed by atoms with Gasteiger partial charge in [-0.2, -0.15) is 0 Å². The van der Waals surface area contributed by atoms with E-state index >= 15 is 0 Å². The lowest BCUT2D eigenvalue weighted by molar-refractivity contribution is 0.165. The van der Waals surface area contributed by atoms with Crippen molar-refractivity contribution in [2.24, 2.45) is 10.6 Å². The predicted octanol–water partition coefficient (Wildman–Crippen LogP) is 6.33. The molecular formula is C26H29N3O2. The number of aromatic nitrogens is 1. The standard InChI is InChI=1S/C26H29N3O2/c1-17-11-12-21(13-18(17)2)29-19(3)14-22-23(15-26(4,5)16-24(22)29)28-31-25(30)27-20-9-7-6-8-10-20/h6-14H,15-16H2,1-5H3,(H,27,30)/b28-23+. The number of hydrogen-bond donors (Lipinski definition) is 1. The van der Waals surface area contributed by atoms with Gasteiger partial charge in [0, 0.05) is 28.3 Å². The second-order valence-electron chi connectivity index (χ2n) is 9.18. The number of aryl methyl sites for hydroxylation is 3. The van der Waals surface area contributed by atoms with Gasteiger partial charge in [-0.3, -0.25) is 10.2 Å². The van der Waals surface area contributed by atoms with E-state index in [0.717, 1.165) is 35.5 Å². The number of carbonyl (C=O) groups is 1. The highest BCUT2D eigenvalue weighted by Crippen LogP contribution is 2.38. The average Bonchev–Trinajstić information content (AvgIpc) is 3.04. The minimum Gasteiger partial charge on any atom is -0.318 e. The molecular weight excluding hydrogens is 386 g/mol. The number of nitrogens with zero attached hydrogens (tertiary/aromatic N) is 2. The molecule has 0 atom stereocenters. The SMILES string of the molecule is Cc1ccc(-n2c(C)cc3c2CC(C)(C)C/C3=N\OC(=O)Nc2ccccc2)cc1C. The second kappa shape index (κ2) is 8.06. The van der Waals surface area contributed by atoms with Crippen LogP contribution in [-0.4, -0.2) is 16.4 Å². The molecule has 1 aliphatic carbocycles. The van der Waals surface area contributed by atoms with Crippen LogP contribution in [0.15, 0.2) is 59.8 Å². The summed E-state index contributed by atoms with van der Waals surface area (Å²) < 4.78 is 2.31. The quantitative estimate of drug-likeness (QED) is 0.401. The van der Waals surface area contributed by atoms with E-state index in [-0.39, 0.29) is 5.41 Å². The number of hydrogen-bond acceptors (Lipinski definition) is 3. The van der Waals surface area contributed by atoms with Gasteiger partial charge in [0.05, 0.1) is 5.71 Å². The molecule has 0 bridgehead atoms. The molecule has 160 valence electrons. The number of amides is 1. The van der Waals surface area contributed by atoms with Gasteiger partial charge in [0.2, 0.25) is 0 Å². The topological polar surface area (TPSA) is 55.6 Å². The largest absolute Gasteiger partial charge is 0.437 e. The minimum absolute atomic E-state index is 0.00733. The van der Waals surface area contributed by atoms with Crippen LogP contribution in [0.3, 0.4) is 0 Å². The molecule has 0 saturated carbocycles. The number of anilines is 1. The van der Waals surface area contributed by atoms with Crippen LogP contribution in [0.1, 0.15) is 48.3 Å². The van der Waals surface area contributed by atoms with Gasteiger partial charge in [-0.05, 0) is 80.5 Å². The van der Waals surface area contributed by atoms with Crippen molar-refractivity contribution < 1.29 is 9.63 Å². The molecule has 5 heteroatoms. The van der Waals surface area contributed by atoms with E-state index < -0.39 is 6.09 Å². The predicted molar refractivity (Wildman–Crippen MR) is 125 cm³/mol. The molecule has 1 heterocycles. The molecule has 0 fully saturated rings. The van der Waals surface area contributed by atoms with Gasteiger partial charge >= 0.3 is 6.09 Å². The number of oxime groups is 1. The third-order valence-electron chi connectivity index (χ3n) is 5.90. The van der Waals surface area contributed by atoms with Crippen molar-refractivity contribution >= 4 is 17.5 Å². The second-order valence-corrected chi connectivity index (χ2v) is 9.18. The molecule has 0 radical (unpaired) electrons. The van der Waals surface area contributed by atoms with Gasteiger partial charge in [-0.15, -0.1) is 0 Å². The van der Waals surface area contributed by atoms with Crippen molar-refractivity contribution in [3.8, 4) is 5.69 Å². The fraction of sp³-hybridized carbons (Fsp3) is 0.308. The zero-order valence-electron chi connectivity index (χ0n) is 18.8. The summed E-state index contributed by atoms with van der Waals surface area (Å²) in [5.41, 5.74) is 8.61. The van der Waals surface area contributed by atoms with E-state index in [1.807, 2.05) is 30.3 Å². The van der Waals surface area contributed by atoms with Crippen molar-refractivity contribution in [3.63, 3.8) is 0 Å². The highest BCUT2D eigenvalue weighted by Gasteiger charge is 2.33. The van der Waals surface area contributed by atoms with Gasteiger partial charge in [0.1, 0.15) is 0 Å². The lowest BCUT2D eigenvalue weighted by Crippen LogP contribution is -2.29. The highest BCUT2D eigenvalue weighted by molar-refractivity contribution is 6.03. The van der Waals surface area contributed by atoms with Crippen LogP contribution in [0.2, 0.25) is 0 Å². The van der Waals surface area contributed by atoms with Gasteiger partial charge in [0.25, 0.3) is 0 Å². The molecule has 0 aliphatic heterocycles. The Morgan fingerprint density at radius 1 is 1.00 bits per heavy atom. The van der Waals surface area contributed by atoms with E-state index in [4.69, 9.17) is 4.84 Å². The maximum Gasteiger partial charge on any atom is 0.437 e. The first-order valence-corrected chi connectivity index (χ1v) is 10.6. The Morgan fingerprint density at radius 2 is 1.74 bits per heavy atom. The van der Waals surface area contributed by atoms with Crippen molar-refractivity contribution in [2.75, 3.05) is 5.32 Å². The summed E-state index contributed by atoms with van der Waals surface area (Å²) in [6.45, 7) is 10.8. The summed E-state index contributed by atoms with van der Waals surface area (Å²) in [5, 5.41) is 6.99. The van der Waals surface area contributed by atoms with Crippen LogP contribution in [0.4, 0.5) is 10.5 Å². The maximum absolute atomic E-state index is 12.2. The summed E-state index contributed by atoms with van der Waals surface area (Å²) in [4.78, 5) is 17.5. The fourth-order valence-corrected chi connectivity index (χ4v) is 4.24. The Bertz CT molecular complexity index is 1160. The van der Waals surface area contributed by atoms with Crippen LogP contribution in [0, 0.1) is 26.2 Å². The molecule has 5 nitrogen and oxygen atoms in total. The Morgan fingerprint density at radius 3 is 2.45 bits per heavy atom. The van der Waals surface area contributed by atoms with E-state index in [1.54, 1.807) is 0 Å². The first-order valence-electron chi connectivity index (χ1n) is 10.6. The molecule has 1 aromatic heterocycles. The molecule has 0 spiro atoms. The molecule has 4 rings (SSSR count). The van der Waals surface area contributed by atoms with E-state index in [0.29, 0.717) is 5.69 Å². The lowest BCUT2D eigenvalue weighted by atomic mass is 9.76. The van der Waals surface area contributed by atoms with Crippen LogP contribution in [0.25, 0.3) is 5.69 Å².